The highest BCUT2D eigenvalue weighted by molar-refractivity contribution is 6.32. The molecule has 0 bridgehead atoms. The first kappa shape index (κ1) is 13.6. The van der Waals surface area contributed by atoms with Gasteiger partial charge < -0.3 is 5.32 Å². The van der Waals surface area contributed by atoms with Crippen molar-refractivity contribution in [3.05, 3.63) is 65.2 Å². The van der Waals surface area contributed by atoms with E-state index in [-0.39, 0.29) is 5.91 Å². The van der Waals surface area contributed by atoms with Crippen LogP contribution in [0.2, 0.25) is 0 Å². The van der Waals surface area contributed by atoms with Gasteiger partial charge in [0.05, 0.1) is 0 Å². The van der Waals surface area contributed by atoms with Crippen LogP contribution in [0, 0.1) is 13.8 Å². The summed E-state index contributed by atoms with van der Waals surface area (Å²) in [6, 6.07) is 15.2. The number of carbonyl (C=O) groups is 1. The van der Waals surface area contributed by atoms with Gasteiger partial charge in [0.15, 0.2) is 0 Å². The predicted molar refractivity (Wildman–Crippen MR) is 79.6 cm³/mol. The molecular formula is C16H16ClNO. The molecule has 0 aliphatic heterocycles. The van der Waals surface area contributed by atoms with Crippen molar-refractivity contribution in [2.75, 3.05) is 5.32 Å². The Morgan fingerprint density at radius 1 is 1.05 bits per heavy atom. The van der Waals surface area contributed by atoms with Gasteiger partial charge in [-0.25, -0.2) is 0 Å². The highest BCUT2D eigenvalue weighted by Gasteiger charge is 2.18. The Morgan fingerprint density at radius 3 is 2.42 bits per heavy atom. The van der Waals surface area contributed by atoms with E-state index in [1.54, 1.807) is 0 Å². The van der Waals surface area contributed by atoms with Gasteiger partial charge >= 0.3 is 0 Å². The predicted octanol–water partition coefficient (Wildman–Crippen LogP) is 4.22. The minimum Gasteiger partial charge on any atom is -0.324 e. The lowest BCUT2D eigenvalue weighted by atomic mass is 10.1. The second-order valence-corrected chi connectivity index (χ2v) is 4.95. The fourth-order valence-corrected chi connectivity index (χ4v) is 2.06. The molecule has 2 rings (SSSR count). The number of aryl methyl sites for hydroxylation is 1. The zero-order valence-electron chi connectivity index (χ0n) is 11.0. The van der Waals surface area contributed by atoms with Crippen LogP contribution in [-0.2, 0) is 4.79 Å². The van der Waals surface area contributed by atoms with Gasteiger partial charge in [0.2, 0.25) is 5.91 Å². The molecule has 0 unspecified atom stereocenters. The van der Waals surface area contributed by atoms with Gasteiger partial charge in [-0.3, -0.25) is 4.79 Å². The highest BCUT2D eigenvalue weighted by atomic mass is 35.5. The van der Waals surface area contributed by atoms with Gasteiger partial charge in [-0.05, 0) is 36.6 Å². The van der Waals surface area contributed by atoms with Crippen molar-refractivity contribution in [3.63, 3.8) is 0 Å². The van der Waals surface area contributed by atoms with Crippen LogP contribution in [0.5, 0.6) is 0 Å². The van der Waals surface area contributed by atoms with Gasteiger partial charge in [0, 0.05) is 5.69 Å². The Hall–Kier alpha value is -1.80. The first-order chi connectivity index (χ1) is 9.09. The van der Waals surface area contributed by atoms with E-state index in [9.17, 15) is 4.79 Å². The molecule has 2 nitrogen and oxygen atoms in total. The van der Waals surface area contributed by atoms with Crippen LogP contribution in [0.4, 0.5) is 5.69 Å². The van der Waals surface area contributed by atoms with Crippen LogP contribution in [0.3, 0.4) is 0 Å². The third-order valence-electron chi connectivity index (χ3n) is 3.18. The van der Waals surface area contributed by atoms with Crippen LogP contribution < -0.4 is 5.32 Å². The van der Waals surface area contributed by atoms with Crippen molar-refractivity contribution in [1.82, 2.24) is 0 Å². The lowest BCUT2D eigenvalue weighted by Gasteiger charge is -2.13. The topological polar surface area (TPSA) is 29.1 Å². The summed E-state index contributed by atoms with van der Waals surface area (Å²) in [7, 11) is 0. The number of rotatable bonds is 3. The molecule has 3 heteroatoms. The molecule has 19 heavy (non-hydrogen) atoms. The van der Waals surface area contributed by atoms with Crippen molar-refractivity contribution < 1.29 is 4.79 Å². The summed E-state index contributed by atoms with van der Waals surface area (Å²) in [5.74, 6) is -0.207. The minimum atomic E-state index is -0.680. The van der Waals surface area contributed by atoms with E-state index in [0.717, 1.165) is 22.4 Å². The second-order valence-electron chi connectivity index (χ2n) is 4.51. The number of anilines is 1. The smallest absolute Gasteiger partial charge is 0.246 e. The van der Waals surface area contributed by atoms with Crippen LogP contribution in [0.15, 0.2) is 48.5 Å². The SMILES string of the molecule is Cc1cccc(NC(=O)[C@H](Cl)c2ccccc2)c1C. The number of benzene rings is 2. The zero-order valence-corrected chi connectivity index (χ0v) is 11.7. The standard InChI is InChI=1S/C16H16ClNO/c1-11-7-6-10-14(12(11)2)18-16(19)15(17)13-8-4-3-5-9-13/h3-10,15H,1-2H3,(H,18,19)/t15-/m1/s1. The van der Waals surface area contributed by atoms with Crippen molar-refractivity contribution in [3.8, 4) is 0 Å². The molecule has 0 fully saturated rings. The summed E-state index contributed by atoms with van der Waals surface area (Å²) >= 11 is 6.19. The molecule has 0 saturated carbocycles. The maximum absolute atomic E-state index is 12.1. The summed E-state index contributed by atoms with van der Waals surface area (Å²) in [5, 5.41) is 2.20. The summed E-state index contributed by atoms with van der Waals surface area (Å²) in [5.41, 5.74) is 3.81. The van der Waals surface area contributed by atoms with Crippen LogP contribution in [0.25, 0.3) is 0 Å². The van der Waals surface area contributed by atoms with E-state index in [1.807, 2.05) is 62.4 Å². The molecule has 0 spiro atoms. The second kappa shape index (κ2) is 5.89. The average molecular weight is 274 g/mol. The van der Waals surface area contributed by atoms with Crippen molar-refractivity contribution in [1.29, 1.82) is 0 Å². The van der Waals surface area contributed by atoms with Crippen molar-refractivity contribution >= 4 is 23.2 Å². The molecule has 0 radical (unpaired) electrons. The largest absolute Gasteiger partial charge is 0.324 e. The fourth-order valence-electron chi connectivity index (χ4n) is 1.86. The molecular weight excluding hydrogens is 258 g/mol. The number of alkyl halides is 1. The molecule has 2 aromatic rings. The number of hydrogen-bond donors (Lipinski definition) is 1. The quantitative estimate of drug-likeness (QED) is 0.834. The third kappa shape index (κ3) is 3.15. The van der Waals surface area contributed by atoms with Gasteiger partial charge in [0.25, 0.3) is 0 Å². The first-order valence-electron chi connectivity index (χ1n) is 6.15. The monoisotopic (exact) mass is 273 g/mol. The van der Waals surface area contributed by atoms with E-state index in [4.69, 9.17) is 11.6 Å². The minimum absolute atomic E-state index is 0.207. The fraction of sp³-hybridized carbons (Fsp3) is 0.188. The summed E-state index contributed by atoms with van der Waals surface area (Å²) < 4.78 is 0. The van der Waals surface area contributed by atoms with E-state index in [1.165, 1.54) is 0 Å². The van der Waals surface area contributed by atoms with Gasteiger partial charge in [-0.15, -0.1) is 11.6 Å². The number of amides is 1. The van der Waals surface area contributed by atoms with Gasteiger partial charge in [-0.2, -0.15) is 0 Å². The number of hydrogen-bond acceptors (Lipinski definition) is 1. The Bertz CT molecular complexity index is 581. The third-order valence-corrected chi connectivity index (χ3v) is 3.64. The van der Waals surface area contributed by atoms with Gasteiger partial charge in [-0.1, -0.05) is 42.5 Å². The van der Waals surface area contributed by atoms with Crippen LogP contribution in [0.1, 0.15) is 22.1 Å². The Kier molecular flexibility index (Phi) is 4.23. The molecule has 98 valence electrons. The van der Waals surface area contributed by atoms with E-state index < -0.39 is 5.38 Å². The Balaban J connectivity index is 2.15. The molecule has 0 aliphatic rings. The van der Waals surface area contributed by atoms with Crippen molar-refractivity contribution in [2.24, 2.45) is 0 Å². The van der Waals surface area contributed by atoms with E-state index >= 15 is 0 Å². The summed E-state index contributed by atoms with van der Waals surface area (Å²) in [4.78, 5) is 12.1. The number of carbonyl (C=O) groups excluding carboxylic acids is 1. The molecule has 2 aromatic carbocycles. The zero-order chi connectivity index (χ0) is 13.8. The molecule has 1 atom stereocenters. The lowest BCUT2D eigenvalue weighted by molar-refractivity contribution is -0.116. The molecule has 0 saturated heterocycles. The van der Waals surface area contributed by atoms with E-state index in [0.29, 0.717) is 0 Å². The maximum Gasteiger partial charge on any atom is 0.246 e. The number of nitrogens with one attached hydrogen (secondary N) is 1. The molecule has 1 amide bonds. The normalized spacial score (nSPS) is 11.9. The number of halogens is 1. The lowest BCUT2D eigenvalue weighted by Crippen LogP contribution is -2.18. The van der Waals surface area contributed by atoms with Crippen LogP contribution >= 0.6 is 11.6 Å². The van der Waals surface area contributed by atoms with E-state index in [2.05, 4.69) is 5.32 Å². The molecule has 0 aliphatic carbocycles. The average Bonchev–Trinajstić information content (AvgIpc) is 2.44. The molecule has 0 aromatic heterocycles. The van der Waals surface area contributed by atoms with Gasteiger partial charge in [0.1, 0.15) is 5.38 Å². The first-order valence-corrected chi connectivity index (χ1v) is 6.59. The van der Waals surface area contributed by atoms with Crippen molar-refractivity contribution in [2.45, 2.75) is 19.2 Å². The molecule has 0 heterocycles. The Morgan fingerprint density at radius 2 is 1.74 bits per heavy atom. The summed E-state index contributed by atoms with van der Waals surface area (Å²) in [6.45, 7) is 4.00. The van der Waals surface area contributed by atoms with Crippen LogP contribution in [-0.4, -0.2) is 5.91 Å². The highest BCUT2D eigenvalue weighted by Crippen LogP contribution is 2.24. The maximum atomic E-state index is 12.1. The Labute approximate surface area is 118 Å². The summed E-state index contributed by atoms with van der Waals surface area (Å²) in [6.07, 6.45) is 0. The molecule has 1 N–H and O–H groups in total.